The first kappa shape index (κ1) is 11.6. The van der Waals surface area contributed by atoms with Gasteiger partial charge in [-0.05, 0) is 49.8 Å². The van der Waals surface area contributed by atoms with Crippen molar-refractivity contribution in [2.45, 2.75) is 0 Å². The highest BCUT2D eigenvalue weighted by molar-refractivity contribution is 6.31. The lowest BCUT2D eigenvalue weighted by molar-refractivity contribution is 1.74. The maximum Gasteiger partial charge on any atom is 0.0628 e. The minimum Gasteiger partial charge on any atom is -0.397 e. The normalized spacial score (nSPS) is 12.0. The molecule has 0 amide bonds. The van der Waals surface area contributed by atoms with E-state index in [1.54, 1.807) is 0 Å². The summed E-state index contributed by atoms with van der Waals surface area (Å²) in [6, 6.07) is 21.3. The predicted octanol–water partition coefficient (Wildman–Crippen LogP) is 4.90. The van der Waals surface area contributed by atoms with Gasteiger partial charge in [-0.1, -0.05) is 48.5 Å². The fraction of sp³-hybridized carbons (Fsp3) is 0. The van der Waals surface area contributed by atoms with E-state index in [0.717, 1.165) is 10.8 Å². The third-order valence-corrected chi connectivity index (χ3v) is 4.70. The second kappa shape index (κ2) is 3.80. The molecule has 0 aliphatic heterocycles. The molecule has 0 spiro atoms. The third kappa shape index (κ3) is 1.29. The SMILES string of the molecule is Nc1cc2ccc3cc4ccccc4c4ccc(c1N)c2c34. The average Bonchev–Trinajstić information content (AvgIpc) is 2.55. The van der Waals surface area contributed by atoms with Crippen LogP contribution in [0.5, 0.6) is 0 Å². The highest BCUT2D eigenvalue weighted by atomic mass is 14.7. The summed E-state index contributed by atoms with van der Waals surface area (Å²) in [5, 5.41) is 9.75. The maximum absolute atomic E-state index is 6.22. The summed E-state index contributed by atoms with van der Waals surface area (Å²) >= 11 is 0. The van der Waals surface area contributed by atoms with Crippen LogP contribution in [0.25, 0.3) is 43.1 Å². The predicted molar refractivity (Wildman–Crippen MR) is 96.5 cm³/mol. The molecule has 5 rings (SSSR count). The van der Waals surface area contributed by atoms with Crippen molar-refractivity contribution < 1.29 is 0 Å². The summed E-state index contributed by atoms with van der Waals surface area (Å²) in [7, 11) is 0. The molecule has 0 fully saturated rings. The lowest BCUT2D eigenvalue weighted by Crippen LogP contribution is -1.97. The molecule has 104 valence electrons. The summed E-state index contributed by atoms with van der Waals surface area (Å²) in [4.78, 5) is 0. The van der Waals surface area contributed by atoms with Crippen LogP contribution < -0.4 is 11.5 Å². The Bertz CT molecular complexity index is 1190. The first-order chi connectivity index (χ1) is 10.7. The zero-order valence-electron chi connectivity index (χ0n) is 11.9. The number of nitrogen functional groups attached to an aromatic ring is 2. The van der Waals surface area contributed by atoms with E-state index in [-0.39, 0.29) is 0 Å². The van der Waals surface area contributed by atoms with Gasteiger partial charge in [0.05, 0.1) is 11.4 Å². The minimum atomic E-state index is 0.649. The van der Waals surface area contributed by atoms with E-state index in [4.69, 9.17) is 11.5 Å². The molecule has 0 aromatic heterocycles. The number of nitrogens with two attached hydrogens (primary N) is 2. The van der Waals surface area contributed by atoms with Crippen LogP contribution in [0.2, 0.25) is 0 Å². The second-order valence-corrected chi connectivity index (χ2v) is 5.90. The average molecular weight is 282 g/mol. The van der Waals surface area contributed by atoms with E-state index in [2.05, 4.69) is 54.6 Å². The van der Waals surface area contributed by atoms with E-state index in [9.17, 15) is 0 Å². The van der Waals surface area contributed by atoms with Crippen molar-refractivity contribution in [3.05, 3.63) is 60.7 Å². The van der Waals surface area contributed by atoms with Crippen molar-refractivity contribution in [2.75, 3.05) is 11.5 Å². The Labute approximate surface area is 127 Å². The Balaban J connectivity index is 2.19. The highest BCUT2D eigenvalue weighted by Crippen LogP contribution is 2.41. The van der Waals surface area contributed by atoms with Crippen molar-refractivity contribution in [1.82, 2.24) is 0 Å². The summed E-state index contributed by atoms with van der Waals surface area (Å²) in [5.41, 5.74) is 13.6. The van der Waals surface area contributed by atoms with Crippen molar-refractivity contribution in [3.8, 4) is 0 Å². The van der Waals surface area contributed by atoms with Gasteiger partial charge in [0, 0.05) is 5.39 Å². The topological polar surface area (TPSA) is 52.0 Å². The molecular weight excluding hydrogens is 268 g/mol. The van der Waals surface area contributed by atoms with Crippen molar-refractivity contribution in [3.63, 3.8) is 0 Å². The fourth-order valence-corrected chi connectivity index (χ4v) is 3.67. The van der Waals surface area contributed by atoms with Gasteiger partial charge in [-0.3, -0.25) is 0 Å². The molecule has 0 unspecified atom stereocenters. The molecule has 5 aromatic rings. The first-order valence-electron chi connectivity index (χ1n) is 7.38. The van der Waals surface area contributed by atoms with Crippen molar-refractivity contribution in [2.24, 2.45) is 0 Å². The minimum absolute atomic E-state index is 0.649. The van der Waals surface area contributed by atoms with Crippen LogP contribution >= 0.6 is 0 Å². The number of benzene rings is 5. The summed E-state index contributed by atoms with van der Waals surface area (Å²) in [5.74, 6) is 0. The molecule has 2 heteroatoms. The summed E-state index contributed by atoms with van der Waals surface area (Å²) in [6.45, 7) is 0. The Kier molecular flexibility index (Phi) is 2.01. The van der Waals surface area contributed by atoms with Gasteiger partial charge in [0.2, 0.25) is 0 Å². The molecule has 0 aliphatic rings. The van der Waals surface area contributed by atoms with E-state index < -0.39 is 0 Å². The number of anilines is 2. The van der Waals surface area contributed by atoms with Crippen LogP contribution in [-0.4, -0.2) is 0 Å². The van der Waals surface area contributed by atoms with Crippen LogP contribution in [-0.2, 0) is 0 Å². The van der Waals surface area contributed by atoms with Gasteiger partial charge in [0.1, 0.15) is 0 Å². The van der Waals surface area contributed by atoms with Gasteiger partial charge >= 0.3 is 0 Å². The molecule has 0 aliphatic carbocycles. The molecule has 4 N–H and O–H groups in total. The van der Waals surface area contributed by atoms with Crippen LogP contribution in [0, 0.1) is 0 Å². The van der Waals surface area contributed by atoms with Crippen LogP contribution in [0.4, 0.5) is 11.4 Å². The molecule has 0 saturated heterocycles. The molecule has 5 aromatic carbocycles. The lowest BCUT2D eigenvalue weighted by atomic mass is 9.90. The van der Waals surface area contributed by atoms with Crippen LogP contribution in [0.3, 0.4) is 0 Å². The van der Waals surface area contributed by atoms with Gasteiger partial charge in [0.25, 0.3) is 0 Å². The van der Waals surface area contributed by atoms with Gasteiger partial charge in [-0.2, -0.15) is 0 Å². The number of rotatable bonds is 0. The Hall–Kier alpha value is -3.00. The van der Waals surface area contributed by atoms with Gasteiger partial charge in [0.15, 0.2) is 0 Å². The number of fused-ring (bicyclic) bond motifs is 2. The number of hydrogen-bond acceptors (Lipinski definition) is 2. The smallest absolute Gasteiger partial charge is 0.0628 e. The summed E-state index contributed by atoms with van der Waals surface area (Å²) < 4.78 is 0. The van der Waals surface area contributed by atoms with Gasteiger partial charge in [-0.25, -0.2) is 0 Å². The second-order valence-electron chi connectivity index (χ2n) is 5.90. The van der Waals surface area contributed by atoms with Crippen LogP contribution in [0.1, 0.15) is 0 Å². The zero-order chi connectivity index (χ0) is 14.8. The lowest BCUT2D eigenvalue weighted by Gasteiger charge is -2.15. The molecule has 0 bridgehead atoms. The van der Waals surface area contributed by atoms with E-state index in [1.165, 1.54) is 32.3 Å². The summed E-state index contributed by atoms with van der Waals surface area (Å²) in [6.07, 6.45) is 0. The molecule has 0 heterocycles. The highest BCUT2D eigenvalue weighted by Gasteiger charge is 2.13. The van der Waals surface area contributed by atoms with E-state index in [1.807, 2.05) is 6.07 Å². The van der Waals surface area contributed by atoms with Crippen molar-refractivity contribution >= 4 is 54.5 Å². The largest absolute Gasteiger partial charge is 0.397 e. The molecule has 0 atom stereocenters. The maximum atomic E-state index is 6.22. The van der Waals surface area contributed by atoms with Crippen LogP contribution in [0.15, 0.2) is 60.7 Å². The third-order valence-electron chi connectivity index (χ3n) is 4.70. The molecule has 0 saturated carbocycles. The van der Waals surface area contributed by atoms with E-state index >= 15 is 0 Å². The zero-order valence-corrected chi connectivity index (χ0v) is 11.9. The van der Waals surface area contributed by atoms with Crippen molar-refractivity contribution in [1.29, 1.82) is 0 Å². The Morgan fingerprint density at radius 1 is 0.545 bits per heavy atom. The fourth-order valence-electron chi connectivity index (χ4n) is 3.67. The first-order valence-corrected chi connectivity index (χ1v) is 7.38. The van der Waals surface area contributed by atoms with Gasteiger partial charge in [-0.15, -0.1) is 0 Å². The molecule has 2 nitrogen and oxygen atoms in total. The van der Waals surface area contributed by atoms with E-state index in [0.29, 0.717) is 11.4 Å². The molecular formula is C20H14N2. The number of hydrogen-bond donors (Lipinski definition) is 2. The van der Waals surface area contributed by atoms with Gasteiger partial charge < -0.3 is 11.5 Å². The standard InChI is InChI=1S/C20H14N2/c21-17-10-13-6-5-12-9-11-3-1-2-4-14(11)15-7-8-16(20(17)22)19(13)18(12)15/h1-10H,21-22H2. The Morgan fingerprint density at radius 2 is 1.23 bits per heavy atom. The monoisotopic (exact) mass is 282 g/mol. The molecule has 22 heavy (non-hydrogen) atoms. The molecule has 0 radical (unpaired) electrons. The Morgan fingerprint density at radius 3 is 2.09 bits per heavy atom. The quantitative estimate of drug-likeness (QED) is 0.241.